The zero-order valence-corrected chi connectivity index (χ0v) is 13.9. The molecule has 0 spiro atoms. The van der Waals surface area contributed by atoms with Crippen molar-refractivity contribution in [3.05, 3.63) is 29.8 Å². The molecule has 0 amide bonds. The van der Waals surface area contributed by atoms with E-state index in [4.69, 9.17) is 16.3 Å². The SMILES string of the molecule is COc1cnc(N2CCC(n3nnc4cc(Cl)ncc43)CC2)nc1. The molecule has 0 bridgehead atoms. The Kier molecular flexibility index (Phi) is 3.89. The Hall–Kier alpha value is -2.48. The van der Waals surface area contributed by atoms with Gasteiger partial charge in [-0.2, -0.15) is 0 Å². The molecule has 0 saturated carbocycles. The molecule has 3 aromatic rings. The van der Waals surface area contributed by atoms with Crippen molar-refractivity contribution >= 4 is 28.6 Å². The summed E-state index contributed by atoms with van der Waals surface area (Å²) in [6, 6.07) is 2.02. The van der Waals surface area contributed by atoms with Crippen molar-refractivity contribution < 1.29 is 4.74 Å². The smallest absolute Gasteiger partial charge is 0.225 e. The standard InChI is InChI=1S/C15H16ClN7O/c1-24-11-7-18-15(19-8-11)22-4-2-10(3-5-22)23-13-9-17-14(16)6-12(13)20-21-23/h6-10H,2-5H2,1H3. The maximum atomic E-state index is 5.90. The summed E-state index contributed by atoms with van der Waals surface area (Å²) in [6.07, 6.45) is 6.99. The summed E-state index contributed by atoms with van der Waals surface area (Å²) in [5.41, 5.74) is 1.69. The Bertz CT molecular complexity index is 843. The summed E-state index contributed by atoms with van der Waals surface area (Å²) in [7, 11) is 1.61. The van der Waals surface area contributed by atoms with Gasteiger partial charge < -0.3 is 9.64 Å². The van der Waals surface area contributed by atoms with Gasteiger partial charge in [0, 0.05) is 19.2 Å². The van der Waals surface area contributed by atoms with Gasteiger partial charge in [0.1, 0.15) is 16.2 Å². The van der Waals surface area contributed by atoms with Crippen LogP contribution in [0.1, 0.15) is 18.9 Å². The normalized spacial score (nSPS) is 15.8. The van der Waals surface area contributed by atoms with Gasteiger partial charge in [-0.15, -0.1) is 5.10 Å². The predicted molar refractivity (Wildman–Crippen MR) is 89.4 cm³/mol. The maximum Gasteiger partial charge on any atom is 0.225 e. The second-order valence-corrected chi connectivity index (χ2v) is 6.06. The average Bonchev–Trinajstić information content (AvgIpc) is 3.05. The number of anilines is 1. The number of fused-ring (bicyclic) bond motifs is 1. The molecule has 9 heteroatoms. The van der Waals surface area contributed by atoms with Crippen molar-refractivity contribution in [2.24, 2.45) is 0 Å². The van der Waals surface area contributed by atoms with E-state index in [9.17, 15) is 0 Å². The van der Waals surface area contributed by atoms with Crippen LogP contribution in [0.5, 0.6) is 5.75 Å². The van der Waals surface area contributed by atoms with Crippen molar-refractivity contribution in [1.82, 2.24) is 29.9 Å². The highest BCUT2D eigenvalue weighted by molar-refractivity contribution is 6.29. The summed E-state index contributed by atoms with van der Waals surface area (Å²) in [5.74, 6) is 1.39. The van der Waals surface area contributed by atoms with Gasteiger partial charge >= 0.3 is 0 Å². The molecule has 0 unspecified atom stereocenters. The third-order valence-corrected chi connectivity index (χ3v) is 4.47. The minimum atomic E-state index is 0.285. The number of piperidine rings is 1. The number of hydrogen-bond donors (Lipinski definition) is 0. The third-order valence-electron chi connectivity index (χ3n) is 4.27. The molecule has 124 valence electrons. The van der Waals surface area contributed by atoms with Crippen molar-refractivity contribution in [2.75, 3.05) is 25.1 Å². The number of aromatic nitrogens is 6. The Morgan fingerprint density at radius 3 is 2.58 bits per heavy atom. The van der Waals surface area contributed by atoms with Gasteiger partial charge in [-0.1, -0.05) is 16.8 Å². The Morgan fingerprint density at radius 1 is 1.12 bits per heavy atom. The summed E-state index contributed by atoms with van der Waals surface area (Å²) in [5, 5.41) is 8.90. The molecule has 4 rings (SSSR count). The highest BCUT2D eigenvalue weighted by Gasteiger charge is 2.24. The van der Waals surface area contributed by atoms with Crippen LogP contribution in [-0.4, -0.2) is 50.1 Å². The van der Waals surface area contributed by atoms with E-state index in [0.717, 1.165) is 42.9 Å². The van der Waals surface area contributed by atoms with Crippen molar-refractivity contribution in [3.63, 3.8) is 0 Å². The van der Waals surface area contributed by atoms with Crippen LogP contribution < -0.4 is 9.64 Å². The van der Waals surface area contributed by atoms with Crippen LogP contribution in [0.15, 0.2) is 24.7 Å². The number of pyridine rings is 1. The number of halogens is 1. The molecule has 0 radical (unpaired) electrons. The van der Waals surface area contributed by atoms with Crippen LogP contribution >= 0.6 is 11.6 Å². The first kappa shape index (κ1) is 15.1. The van der Waals surface area contributed by atoms with Crippen LogP contribution in [0.4, 0.5) is 5.95 Å². The van der Waals surface area contributed by atoms with Gasteiger partial charge in [0.05, 0.1) is 31.7 Å². The highest BCUT2D eigenvalue weighted by Crippen LogP contribution is 2.27. The van der Waals surface area contributed by atoms with Gasteiger partial charge in [0.25, 0.3) is 0 Å². The lowest BCUT2D eigenvalue weighted by atomic mass is 10.1. The molecular weight excluding hydrogens is 330 g/mol. The minimum absolute atomic E-state index is 0.285. The lowest BCUT2D eigenvalue weighted by Crippen LogP contribution is -2.36. The fraction of sp³-hybridized carbons (Fsp3) is 0.400. The van der Waals surface area contributed by atoms with Gasteiger partial charge in [0.2, 0.25) is 5.95 Å². The lowest BCUT2D eigenvalue weighted by molar-refractivity contribution is 0.366. The second kappa shape index (κ2) is 6.20. The molecule has 0 aliphatic carbocycles. The Balaban J connectivity index is 1.48. The fourth-order valence-electron chi connectivity index (χ4n) is 2.97. The van der Waals surface area contributed by atoms with Crippen molar-refractivity contribution in [1.29, 1.82) is 0 Å². The van der Waals surface area contributed by atoms with Crippen LogP contribution in [0.2, 0.25) is 5.15 Å². The average molecular weight is 346 g/mol. The second-order valence-electron chi connectivity index (χ2n) is 5.67. The van der Waals surface area contributed by atoms with E-state index in [0.29, 0.717) is 10.9 Å². The van der Waals surface area contributed by atoms with Gasteiger partial charge in [-0.05, 0) is 12.8 Å². The monoisotopic (exact) mass is 345 g/mol. The lowest BCUT2D eigenvalue weighted by Gasteiger charge is -2.31. The maximum absolute atomic E-state index is 5.90. The summed E-state index contributed by atoms with van der Waals surface area (Å²) in [6.45, 7) is 1.72. The molecular formula is C15H16ClN7O. The van der Waals surface area contributed by atoms with E-state index in [-0.39, 0.29) is 6.04 Å². The number of ether oxygens (including phenoxy) is 1. The van der Waals surface area contributed by atoms with Crippen molar-refractivity contribution in [3.8, 4) is 5.75 Å². The van der Waals surface area contributed by atoms with Crippen LogP contribution in [0.25, 0.3) is 11.0 Å². The first-order valence-corrected chi connectivity index (χ1v) is 8.10. The van der Waals surface area contributed by atoms with Crippen molar-refractivity contribution in [2.45, 2.75) is 18.9 Å². The molecule has 8 nitrogen and oxygen atoms in total. The molecule has 0 aromatic carbocycles. The summed E-state index contributed by atoms with van der Waals surface area (Å²) in [4.78, 5) is 15.0. The Labute approximate surface area is 143 Å². The van der Waals surface area contributed by atoms with E-state index in [1.807, 2.05) is 4.68 Å². The molecule has 4 heterocycles. The summed E-state index contributed by atoms with van der Waals surface area (Å²) < 4.78 is 7.04. The fourth-order valence-corrected chi connectivity index (χ4v) is 3.12. The molecule has 1 aliphatic rings. The number of rotatable bonds is 3. The number of nitrogens with zero attached hydrogens (tertiary/aromatic N) is 7. The van der Waals surface area contributed by atoms with Crippen LogP contribution in [-0.2, 0) is 0 Å². The molecule has 1 aliphatic heterocycles. The molecule has 1 saturated heterocycles. The first-order chi connectivity index (χ1) is 11.7. The van der Waals surface area contributed by atoms with E-state index in [2.05, 4.69) is 30.2 Å². The largest absolute Gasteiger partial charge is 0.494 e. The molecule has 3 aromatic heterocycles. The predicted octanol–water partition coefficient (Wildman–Crippen LogP) is 2.12. The topological polar surface area (TPSA) is 81.9 Å². The minimum Gasteiger partial charge on any atom is -0.494 e. The third kappa shape index (κ3) is 2.73. The quantitative estimate of drug-likeness (QED) is 0.672. The van der Waals surface area contributed by atoms with Gasteiger partial charge in [-0.3, -0.25) is 0 Å². The molecule has 0 N–H and O–H groups in total. The van der Waals surface area contributed by atoms with Gasteiger partial charge in [-0.25, -0.2) is 19.6 Å². The van der Waals surface area contributed by atoms with Crippen LogP contribution in [0, 0.1) is 0 Å². The number of hydrogen-bond acceptors (Lipinski definition) is 7. The van der Waals surface area contributed by atoms with E-state index < -0.39 is 0 Å². The van der Waals surface area contributed by atoms with E-state index >= 15 is 0 Å². The summed E-state index contributed by atoms with van der Waals surface area (Å²) >= 11 is 5.90. The number of methoxy groups -OCH3 is 1. The zero-order valence-electron chi connectivity index (χ0n) is 13.1. The molecule has 24 heavy (non-hydrogen) atoms. The van der Waals surface area contributed by atoms with Gasteiger partial charge in [0.15, 0.2) is 5.75 Å². The molecule has 1 fully saturated rings. The highest BCUT2D eigenvalue weighted by atomic mass is 35.5. The molecule has 0 atom stereocenters. The van der Waals surface area contributed by atoms with E-state index in [1.54, 1.807) is 31.8 Å². The first-order valence-electron chi connectivity index (χ1n) is 7.72. The van der Waals surface area contributed by atoms with E-state index in [1.165, 1.54) is 0 Å². The Morgan fingerprint density at radius 2 is 1.88 bits per heavy atom. The zero-order chi connectivity index (χ0) is 16.5. The van der Waals surface area contributed by atoms with Crippen LogP contribution in [0.3, 0.4) is 0 Å².